The normalized spacial score (nSPS) is 11.4. The van der Waals surface area contributed by atoms with Crippen LogP contribution in [0.2, 0.25) is 0 Å². The third-order valence-electron chi connectivity index (χ3n) is 2.43. The lowest BCUT2D eigenvalue weighted by Gasteiger charge is -2.00. The van der Waals surface area contributed by atoms with Crippen molar-refractivity contribution in [1.29, 1.82) is 0 Å². The summed E-state index contributed by atoms with van der Waals surface area (Å²) in [6, 6.07) is 12.7. The minimum absolute atomic E-state index is 0.258. The van der Waals surface area contributed by atoms with Crippen LogP contribution in [0.5, 0.6) is 0 Å². The van der Waals surface area contributed by atoms with Gasteiger partial charge in [-0.05, 0) is 11.4 Å². The average molecular weight is 323 g/mol. The number of thiophene rings is 1. The largest absolute Gasteiger partial charge is 0.273 e. The molecule has 1 aromatic carbocycles. The molecular weight excluding hydrogens is 314 g/mol. The molecule has 102 valence electrons. The maximum atomic E-state index is 12.0. The highest BCUT2D eigenvalue weighted by Gasteiger charge is 2.17. The van der Waals surface area contributed by atoms with Crippen LogP contribution < -0.4 is 4.72 Å². The maximum absolute atomic E-state index is 12.0. The van der Waals surface area contributed by atoms with Gasteiger partial charge in [0.05, 0.1) is 0 Å². The molecule has 20 heavy (non-hydrogen) atoms. The minimum atomic E-state index is -3.56. The van der Waals surface area contributed by atoms with Crippen molar-refractivity contribution in [1.82, 2.24) is 10.2 Å². The van der Waals surface area contributed by atoms with Gasteiger partial charge in [-0.15, -0.1) is 21.5 Å². The van der Waals surface area contributed by atoms with Gasteiger partial charge in [-0.25, -0.2) is 8.42 Å². The van der Waals surface area contributed by atoms with E-state index in [0.717, 1.165) is 16.9 Å². The van der Waals surface area contributed by atoms with Crippen LogP contribution in [-0.4, -0.2) is 18.6 Å². The van der Waals surface area contributed by atoms with Crippen LogP contribution in [0.1, 0.15) is 0 Å². The van der Waals surface area contributed by atoms with Gasteiger partial charge in [-0.2, -0.15) is 0 Å². The fourth-order valence-electron chi connectivity index (χ4n) is 1.54. The Morgan fingerprint density at radius 1 is 1.00 bits per heavy atom. The second-order valence-electron chi connectivity index (χ2n) is 3.82. The highest BCUT2D eigenvalue weighted by Crippen LogP contribution is 2.28. The number of benzene rings is 1. The number of rotatable bonds is 4. The van der Waals surface area contributed by atoms with E-state index < -0.39 is 10.0 Å². The molecule has 0 amide bonds. The van der Waals surface area contributed by atoms with Crippen LogP contribution in [0.25, 0.3) is 10.6 Å². The molecule has 0 aliphatic rings. The zero-order chi connectivity index (χ0) is 14.0. The summed E-state index contributed by atoms with van der Waals surface area (Å²) in [6.07, 6.45) is 0. The number of hydrogen-bond acceptors (Lipinski definition) is 6. The first-order valence-corrected chi connectivity index (χ1v) is 8.78. The van der Waals surface area contributed by atoms with Crippen LogP contribution in [-0.2, 0) is 10.0 Å². The SMILES string of the molecule is O=S(=O)(Nc1nnc(-c2ccccc2)s1)c1cccs1. The predicted octanol–water partition coefficient (Wildman–Crippen LogP) is 3.07. The molecule has 5 nitrogen and oxygen atoms in total. The third-order valence-corrected chi connectivity index (χ3v) is 6.18. The molecule has 0 saturated heterocycles. The number of nitrogens with zero attached hydrogens (tertiary/aromatic N) is 2. The minimum Gasteiger partial charge on any atom is -0.252 e. The second-order valence-corrected chi connectivity index (χ2v) is 7.65. The monoisotopic (exact) mass is 323 g/mol. The summed E-state index contributed by atoms with van der Waals surface area (Å²) in [5.41, 5.74) is 0.909. The Bertz CT molecular complexity index is 796. The molecule has 0 spiro atoms. The summed E-state index contributed by atoms with van der Waals surface area (Å²) >= 11 is 2.36. The first-order valence-electron chi connectivity index (χ1n) is 5.60. The van der Waals surface area contributed by atoms with E-state index in [1.165, 1.54) is 11.3 Å². The summed E-state index contributed by atoms with van der Waals surface area (Å²) < 4.78 is 26.8. The molecule has 0 aliphatic heterocycles. The van der Waals surface area contributed by atoms with Gasteiger partial charge in [-0.1, -0.05) is 47.7 Å². The van der Waals surface area contributed by atoms with Crippen molar-refractivity contribution >= 4 is 37.8 Å². The van der Waals surface area contributed by atoms with Crippen LogP contribution in [0.4, 0.5) is 5.13 Å². The van der Waals surface area contributed by atoms with E-state index in [0.29, 0.717) is 5.01 Å². The van der Waals surface area contributed by atoms with Crippen molar-refractivity contribution in [3.05, 3.63) is 47.8 Å². The van der Waals surface area contributed by atoms with Crippen molar-refractivity contribution in [3.63, 3.8) is 0 Å². The molecule has 2 heterocycles. The summed E-state index contributed by atoms with van der Waals surface area (Å²) in [5, 5.41) is 10.5. The number of sulfonamides is 1. The van der Waals surface area contributed by atoms with Crippen LogP contribution in [0.3, 0.4) is 0 Å². The molecule has 0 atom stereocenters. The molecule has 0 unspecified atom stereocenters. The zero-order valence-corrected chi connectivity index (χ0v) is 12.5. The van der Waals surface area contributed by atoms with Gasteiger partial charge in [0, 0.05) is 5.56 Å². The van der Waals surface area contributed by atoms with Crippen molar-refractivity contribution in [3.8, 4) is 10.6 Å². The Labute approximate surface area is 124 Å². The number of anilines is 1. The number of nitrogens with one attached hydrogen (secondary N) is 1. The van der Waals surface area contributed by atoms with Crippen LogP contribution in [0.15, 0.2) is 52.1 Å². The Kier molecular flexibility index (Phi) is 3.51. The highest BCUT2D eigenvalue weighted by molar-refractivity contribution is 7.94. The van der Waals surface area contributed by atoms with Crippen LogP contribution >= 0.6 is 22.7 Å². The Morgan fingerprint density at radius 2 is 1.80 bits per heavy atom. The molecule has 3 rings (SSSR count). The molecule has 2 aromatic heterocycles. The van der Waals surface area contributed by atoms with E-state index in [1.54, 1.807) is 17.5 Å². The predicted molar refractivity (Wildman–Crippen MR) is 80.5 cm³/mol. The maximum Gasteiger partial charge on any atom is 0.273 e. The lowest BCUT2D eigenvalue weighted by Crippen LogP contribution is -2.11. The van der Waals surface area contributed by atoms with E-state index in [4.69, 9.17) is 0 Å². The van der Waals surface area contributed by atoms with Gasteiger partial charge in [-0.3, -0.25) is 4.72 Å². The quantitative estimate of drug-likeness (QED) is 0.801. The van der Waals surface area contributed by atoms with Crippen LogP contribution in [0, 0.1) is 0 Å². The van der Waals surface area contributed by atoms with E-state index >= 15 is 0 Å². The van der Waals surface area contributed by atoms with Gasteiger partial charge in [0.1, 0.15) is 9.22 Å². The summed E-state index contributed by atoms with van der Waals surface area (Å²) in [7, 11) is -3.56. The third kappa shape index (κ3) is 2.72. The summed E-state index contributed by atoms with van der Waals surface area (Å²) in [4.78, 5) is 0. The number of hydrogen-bond donors (Lipinski definition) is 1. The van der Waals surface area contributed by atoms with E-state index in [1.807, 2.05) is 30.3 Å². The van der Waals surface area contributed by atoms with Gasteiger partial charge >= 0.3 is 0 Å². The highest BCUT2D eigenvalue weighted by atomic mass is 32.2. The smallest absolute Gasteiger partial charge is 0.252 e. The van der Waals surface area contributed by atoms with Crippen molar-refractivity contribution in [2.24, 2.45) is 0 Å². The Balaban J connectivity index is 1.85. The van der Waals surface area contributed by atoms with Gasteiger partial charge in [0.15, 0.2) is 0 Å². The molecular formula is C12H9N3O2S3. The zero-order valence-electron chi connectivity index (χ0n) is 10.1. The van der Waals surface area contributed by atoms with Gasteiger partial charge in [0.25, 0.3) is 10.0 Å². The second kappa shape index (κ2) is 5.31. The van der Waals surface area contributed by atoms with Gasteiger partial charge < -0.3 is 0 Å². The molecule has 0 aliphatic carbocycles. The van der Waals surface area contributed by atoms with Crippen molar-refractivity contribution in [2.45, 2.75) is 4.21 Å². The van der Waals surface area contributed by atoms with E-state index in [9.17, 15) is 8.42 Å². The fourth-order valence-corrected chi connectivity index (χ4v) is 4.52. The summed E-state index contributed by atoms with van der Waals surface area (Å²) in [6.45, 7) is 0. The molecule has 0 fully saturated rings. The lowest BCUT2D eigenvalue weighted by atomic mass is 10.2. The molecule has 0 radical (unpaired) electrons. The topological polar surface area (TPSA) is 72.0 Å². The van der Waals surface area contributed by atoms with E-state index in [2.05, 4.69) is 14.9 Å². The molecule has 0 saturated carbocycles. The fraction of sp³-hybridized carbons (Fsp3) is 0. The van der Waals surface area contributed by atoms with Crippen molar-refractivity contribution < 1.29 is 8.42 Å². The first kappa shape index (κ1) is 13.2. The van der Waals surface area contributed by atoms with Gasteiger partial charge in [0.2, 0.25) is 5.13 Å². The lowest BCUT2D eigenvalue weighted by molar-refractivity contribution is 0.603. The van der Waals surface area contributed by atoms with E-state index in [-0.39, 0.29) is 9.34 Å². The Hall–Kier alpha value is -1.77. The first-order chi connectivity index (χ1) is 9.65. The average Bonchev–Trinajstić information content (AvgIpc) is 3.10. The molecule has 8 heteroatoms. The Morgan fingerprint density at radius 3 is 2.50 bits per heavy atom. The molecule has 1 N–H and O–H groups in total. The number of aromatic nitrogens is 2. The molecule has 3 aromatic rings. The summed E-state index contributed by atoms with van der Waals surface area (Å²) in [5.74, 6) is 0. The van der Waals surface area contributed by atoms with Crippen molar-refractivity contribution in [2.75, 3.05) is 4.72 Å². The molecule has 0 bridgehead atoms. The standard InChI is InChI=1S/C12H9N3O2S3/c16-20(17,10-7-4-8-18-10)15-12-14-13-11(19-12)9-5-2-1-3-6-9/h1-8H,(H,14,15).